The van der Waals surface area contributed by atoms with Gasteiger partial charge in [-0.05, 0) is 25.7 Å². The second kappa shape index (κ2) is 7.06. The minimum absolute atomic E-state index is 0.00211. The maximum absolute atomic E-state index is 12.3. The Kier molecular flexibility index (Phi) is 5.39. The van der Waals surface area contributed by atoms with Crippen LogP contribution in [-0.4, -0.2) is 36.9 Å². The van der Waals surface area contributed by atoms with E-state index in [0.717, 1.165) is 6.42 Å². The van der Waals surface area contributed by atoms with Crippen molar-refractivity contribution in [2.75, 3.05) is 12.4 Å². The van der Waals surface area contributed by atoms with Gasteiger partial charge in [-0.1, -0.05) is 25.7 Å². The van der Waals surface area contributed by atoms with Crippen LogP contribution < -0.4 is 0 Å². The third-order valence-electron chi connectivity index (χ3n) is 3.91. The van der Waals surface area contributed by atoms with Gasteiger partial charge in [-0.25, -0.2) is 13.2 Å². The van der Waals surface area contributed by atoms with Crippen LogP contribution in [0.2, 0.25) is 0 Å². The van der Waals surface area contributed by atoms with Crippen molar-refractivity contribution >= 4 is 15.8 Å². The Balaban J connectivity index is 1.98. The lowest BCUT2D eigenvalue weighted by Gasteiger charge is -2.09. The molecule has 0 radical (unpaired) electrons. The number of aromatic nitrogens is 2. The molecule has 0 aromatic carbocycles. The highest BCUT2D eigenvalue weighted by molar-refractivity contribution is 7.91. The Morgan fingerprint density at radius 1 is 1.43 bits per heavy atom. The molecule has 0 spiro atoms. The van der Waals surface area contributed by atoms with E-state index in [1.54, 1.807) is 6.92 Å². The third-order valence-corrected chi connectivity index (χ3v) is 5.67. The minimum Gasteiger partial charge on any atom is -0.462 e. The first-order valence-corrected chi connectivity index (χ1v) is 9.13. The number of ether oxygens (including phenoxy) is 1. The van der Waals surface area contributed by atoms with E-state index in [-0.39, 0.29) is 22.9 Å². The molecule has 21 heavy (non-hydrogen) atoms. The van der Waals surface area contributed by atoms with Crippen molar-refractivity contribution in [3.63, 3.8) is 0 Å². The fourth-order valence-corrected chi connectivity index (χ4v) is 4.24. The monoisotopic (exact) mass is 314 g/mol. The van der Waals surface area contributed by atoms with Crippen LogP contribution in [0.25, 0.3) is 0 Å². The summed E-state index contributed by atoms with van der Waals surface area (Å²) in [7, 11) is -3.52. The molecule has 1 N–H and O–H groups in total. The molecule has 1 aromatic rings. The van der Waals surface area contributed by atoms with Gasteiger partial charge in [0.05, 0.1) is 18.6 Å². The van der Waals surface area contributed by atoms with Gasteiger partial charge in [0.15, 0.2) is 14.9 Å². The van der Waals surface area contributed by atoms with Gasteiger partial charge in [0.2, 0.25) is 0 Å². The SMILES string of the molecule is CCOC(=O)c1cn[nH]c1S(=O)(=O)CCCC1CCCC1. The zero-order chi connectivity index (χ0) is 15.3. The molecule has 1 aromatic heterocycles. The summed E-state index contributed by atoms with van der Waals surface area (Å²) in [4.78, 5) is 11.7. The molecule has 118 valence electrons. The zero-order valence-electron chi connectivity index (χ0n) is 12.3. The second-order valence-electron chi connectivity index (χ2n) is 5.44. The number of carbonyl (C=O) groups is 1. The van der Waals surface area contributed by atoms with Crippen molar-refractivity contribution in [1.82, 2.24) is 10.2 Å². The number of nitrogens with one attached hydrogen (secondary N) is 1. The van der Waals surface area contributed by atoms with Crippen molar-refractivity contribution in [2.24, 2.45) is 5.92 Å². The standard InChI is InChI=1S/C14H22N2O4S/c1-2-20-14(17)12-10-15-16-13(12)21(18,19)9-5-8-11-6-3-4-7-11/h10-11H,2-9H2,1H3,(H,15,16). The molecule has 0 bridgehead atoms. The largest absolute Gasteiger partial charge is 0.462 e. The van der Waals surface area contributed by atoms with E-state index in [2.05, 4.69) is 10.2 Å². The van der Waals surface area contributed by atoms with Crippen molar-refractivity contribution in [3.8, 4) is 0 Å². The summed E-state index contributed by atoms with van der Waals surface area (Å²) >= 11 is 0. The highest BCUT2D eigenvalue weighted by Crippen LogP contribution is 2.29. The quantitative estimate of drug-likeness (QED) is 0.780. The first kappa shape index (κ1) is 16.0. The normalized spacial score (nSPS) is 16.2. The smallest absolute Gasteiger partial charge is 0.342 e. The Morgan fingerprint density at radius 3 is 2.81 bits per heavy atom. The van der Waals surface area contributed by atoms with Crippen LogP contribution >= 0.6 is 0 Å². The average molecular weight is 314 g/mol. The highest BCUT2D eigenvalue weighted by atomic mass is 32.2. The number of esters is 1. The lowest BCUT2D eigenvalue weighted by Crippen LogP contribution is -2.14. The molecule has 6 nitrogen and oxygen atoms in total. The van der Waals surface area contributed by atoms with Crippen molar-refractivity contribution in [1.29, 1.82) is 0 Å². The summed E-state index contributed by atoms with van der Waals surface area (Å²) in [6.07, 6.45) is 7.69. The molecule has 0 atom stereocenters. The van der Waals surface area contributed by atoms with Gasteiger partial charge >= 0.3 is 5.97 Å². The minimum atomic E-state index is -3.52. The molecule has 1 aliphatic rings. The molecule has 0 aliphatic heterocycles. The van der Waals surface area contributed by atoms with E-state index in [1.807, 2.05) is 0 Å². The number of rotatable bonds is 7. The molecular weight excluding hydrogens is 292 g/mol. The van der Waals surface area contributed by atoms with E-state index in [0.29, 0.717) is 12.3 Å². The summed E-state index contributed by atoms with van der Waals surface area (Å²) in [5, 5.41) is 5.98. The maximum atomic E-state index is 12.3. The van der Waals surface area contributed by atoms with Crippen LogP contribution in [-0.2, 0) is 14.6 Å². The Hall–Kier alpha value is -1.37. The van der Waals surface area contributed by atoms with E-state index in [9.17, 15) is 13.2 Å². The van der Waals surface area contributed by atoms with Crippen LogP contribution in [0.3, 0.4) is 0 Å². The number of nitrogens with zero attached hydrogens (tertiary/aromatic N) is 1. The van der Waals surface area contributed by atoms with Crippen LogP contribution in [0, 0.1) is 5.92 Å². The van der Waals surface area contributed by atoms with Gasteiger partial charge in [-0.2, -0.15) is 5.10 Å². The molecule has 0 amide bonds. The topological polar surface area (TPSA) is 89.1 Å². The van der Waals surface area contributed by atoms with E-state index < -0.39 is 15.8 Å². The maximum Gasteiger partial charge on any atom is 0.342 e. The average Bonchev–Trinajstić information content (AvgIpc) is 3.10. The van der Waals surface area contributed by atoms with Gasteiger partial charge in [-0.15, -0.1) is 0 Å². The third kappa shape index (κ3) is 4.06. The lowest BCUT2D eigenvalue weighted by molar-refractivity contribution is 0.0522. The predicted octanol–water partition coefficient (Wildman–Crippen LogP) is 2.33. The first-order valence-electron chi connectivity index (χ1n) is 7.48. The molecule has 1 saturated carbocycles. The van der Waals surface area contributed by atoms with Crippen LogP contribution in [0.1, 0.15) is 55.8 Å². The summed E-state index contributed by atoms with van der Waals surface area (Å²) in [6.45, 7) is 1.87. The van der Waals surface area contributed by atoms with E-state index >= 15 is 0 Å². The zero-order valence-corrected chi connectivity index (χ0v) is 13.1. The molecule has 2 rings (SSSR count). The van der Waals surface area contributed by atoms with Gasteiger partial charge in [-0.3, -0.25) is 5.10 Å². The summed E-state index contributed by atoms with van der Waals surface area (Å²) in [5.74, 6) is 0.0464. The molecule has 0 unspecified atom stereocenters. The number of hydrogen-bond acceptors (Lipinski definition) is 5. The fraction of sp³-hybridized carbons (Fsp3) is 0.714. The van der Waals surface area contributed by atoms with Crippen molar-refractivity contribution in [3.05, 3.63) is 11.8 Å². The van der Waals surface area contributed by atoms with Gasteiger partial charge in [0.1, 0.15) is 5.56 Å². The summed E-state index contributed by atoms with van der Waals surface area (Å²) in [6, 6.07) is 0. The van der Waals surface area contributed by atoms with Crippen LogP contribution in [0.5, 0.6) is 0 Å². The number of sulfone groups is 1. The van der Waals surface area contributed by atoms with Gasteiger partial charge < -0.3 is 4.74 Å². The van der Waals surface area contributed by atoms with Crippen LogP contribution in [0.4, 0.5) is 0 Å². The van der Waals surface area contributed by atoms with Crippen molar-refractivity contribution in [2.45, 2.75) is 50.5 Å². The summed E-state index contributed by atoms with van der Waals surface area (Å²) in [5.41, 5.74) is -0.00211. The van der Waals surface area contributed by atoms with Gasteiger partial charge in [0, 0.05) is 0 Å². The van der Waals surface area contributed by atoms with Crippen LogP contribution in [0.15, 0.2) is 11.2 Å². The second-order valence-corrected chi connectivity index (χ2v) is 7.49. The molecule has 0 saturated heterocycles. The molecule has 1 fully saturated rings. The van der Waals surface area contributed by atoms with E-state index in [1.165, 1.54) is 31.9 Å². The number of H-pyrrole nitrogens is 1. The Bertz CT molecular complexity index is 574. The first-order chi connectivity index (χ1) is 10.0. The summed E-state index contributed by atoms with van der Waals surface area (Å²) < 4.78 is 29.5. The number of carbonyl (C=O) groups excluding carboxylic acids is 1. The number of aromatic amines is 1. The highest BCUT2D eigenvalue weighted by Gasteiger charge is 2.26. The van der Waals surface area contributed by atoms with E-state index in [4.69, 9.17) is 4.74 Å². The van der Waals surface area contributed by atoms with Crippen molar-refractivity contribution < 1.29 is 17.9 Å². The Morgan fingerprint density at radius 2 is 2.14 bits per heavy atom. The molecule has 1 heterocycles. The predicted molar refractivity (Wildman–Crippen MR) is 77.8 cm³/mol. The molecule has 7 heteroatoms. The van der Waals surface area contributed by atoms with Gasteiger partial charge in [0.25, 0.3) is 0 Å². The lowest BCUT2D eigenvalue weighted by atomic mass is 10.0. The number of hydrogen-bond donors (Lipinski definition) is 1. The molecule has 1 aliphatic carbocycles. The Labute approximate surface area is 125 Å². The molecular formula is C14H22N2O4S. The fourth-order valence-electron chi connectivity index (χ4n) is 2.83.